The quantitative estimate of drug-likeness (QED) is 0.332. The maximum absolute atomic E-state index is 12.7. The molecule has 0 saturated carbocycles. The van der Waals surface area contributed by atoms with Gasteiger partial charge in [-0.2, -0.15) is 0 Å². The van der Waals surface area contributed by atoms with Crippen molar-refractivity contribution in [2.24, 2.45) is 0 Å². The van der Waals surface area contributed by atoms with E-state index in [0.717, 1.165) is 30.9 Å². The molecule has 2 N–H and O–H groups in total. The van der Waals surface area contributed by atoms with Crippen molar-refractivity contribution in [1.29, 1.82) is 0 Å². The lowest BCUT2D eigenvalue weighted by molar-refractivity contribution is -0.384. The van der Waals surface area contributed by atoms with E-state index < -0.39 is 4.92 Å². The molecule has 4 rings (SSSR count). The van der Waals surface area contributed by atoms with Crippen LogP contribution in [-0.2, 0) is 13.1 Å². The number of hydrogen-bond donors (Lipinski definition) is 2. The number of carbonyl (C=O) groups excluding carboxylic acids is 1. The first-order valence-electron chi connectivity index (χ1n) is 12.0. The van der Waals surface area contributed by atoms with E-state index in [1.165, 1.54) is 30.9 Å². The number of rotatable bonds is 9. The summed E-state index contributed by atoms with van der Waals surface area (Å²) in [6, 6.07) is 18.0. The number of carbonyl (C=O) groups is 1. The summed E-state index contributed by atoms with van der Waals surface area (Å²) in [5.74, 6) is -0.352. The molecule has 1 saturated heterocycles. The summed E-state index contributed by atoms with van der Waals surface area (Å²) in [6.45, 7) is 5.49. The molecule has 2 aromatic carbocycles. The Morgan fingerprint density at radius 2 is 1.80 bits per heavy atom. The summed E-state index contributed by atoms with van der Waals surface area (Å²) in [5, 5.41) is 17.7. The maximum atomic E-state index is 12.7. The molecule has 8 heteroatoms. The molecule has 1 fully saturated rings. The Morgan fingerprint density at radius 1 is 1.06 bits per heavy atom. The number of aromatic nitrogens is 1. The van der Waals surface area contributed by atoms with Crippen molar-refractivity contribution in [1.82, 2.24) is 15.2 Å². The second-order valence-electron chi connectivity index (χ2n) is 8.95. The predicted molar refractivity (Wildman–Crippen MR) is 136 cm³/mol. The minimum Gasteiger partial charge on any atom is -0.371 e. The van der Waals surface area contributed by atoms with Crippen molar-refractivity contribution in [2.75, 3.05) is 18.4 Å². The van der Waals surface area contributed by atoms with E-state index in [9.17, 15) is 14.9 Å². The van der Waals surface area contributed by atoms with Crippen LogP contribution in [0.1, 0.15) is 59.4 Å². The molecule has 1 aromatic heterocycles. The van der Waals surface area contributed by atoms with Crippen molar-refractivity contribution in [3.63, 3.8) is 0 Å². The first kappa shape index (κ1) is 24.3. The Morgan fingerprint density at radius 3 is 2.49 bits per heavy atom. The number of nitro groups is 1. The molecule has 1 unspecified atom stereocenters. The smallest absolute Gasteiger partial charge is 0.293 e. The molecule has 35 heavy (non-hydrogen) atoms. The number of benzene rings is 2. The Bertz CT molecular complexity index is 1150. The summed E-state index contributed by atoms with van der Waals surface area (Å²) in [6.07, 6.45) is 5.53. The third-order valence-electron chi connectivity index (χ3n) is 6.29. The number of piperidine rings is 1. The van der Waals surface area contributed by atoms with Crippen LogP contribution >= 0.6 is 0 Å². The molecule has 0 aliphatic carbocycles. The maximum Gasteiger partial charge on any atom is 0.293 e. The lowest BCUT2D eigenvalue weighted by atomic mass is 10.1. The fourth-order valence-corrected chi connectivity index (χ4v) is 4.31. The number of nitrogens with zero attached hydrogens (tertiary/aromatic N) is 3. The topological polar surface area (TPSA) is 100 Å². The van der Waals surface area contributed by atoms with E-state index in [1.54, 1.807) is 18.3 Å². The third kappa shape index (κ3) is 6.64. The Hall–Kier alpha value is -3.78. The number of hydrogen-bond acceptors (Lipinski definition) is 6. The van der Waals surface area contributed by atoms with Gasteiger partial charge in [-0.3, -0.25) is 24.8 Å². The standard InChI is InChI=1S/C27H31N5O3/c1-20(24-7-3-4-14-28-24)30-25-13-12-23(17-26(25)32(34)35)27(33)29-18-21-8-10-22(11-9-21)19-31-15-5-2-6-16-31/h3-4,7-14,17,20,30H,2,5-6,15-16,18-19H2,1H3,(H,29,33). The summed E-state index contributed by atoms with van der Waals surface area (Å²) < 4.78 is 0. The highest BCUT2D eigenvalue weighted by Crippen LogP contribution is 2.29. The molecule has 0 spiro atoms. The highest BCUT2D eigenvalue weighted by Gasteiger charge is 2.20. The molecule has 1 atom stereocenters. The van der Waals surface area contributed by atoms with Gasteiger partial charge in [-0.05, 0) is 68.2 Å². The van der Waals surface area contributed by atoms with Crippen LogP contribution in [0.4, 0.5) is 11.4 Å². The van der Waals surface area contributed by atoms with Crippen LogP contribution in [0, 0.1) is 10.1 Å². The van der Waals surface area contributed by atoms with E-state index in [1.807, 2.05) is 37.3 Å². The number of nitro benzene ring substituents is 1. The molecular weight excluding hydrogens is 442 g/mol. The summed E-state index contributed by atoms with van der Waals surface area (Å²) in [7, 11) is 0. The second-order valence-corrected chi connectivity index (χ2v) is 8.95. The van der Waals surface area contributed by atoms with Gasteiger partial charge >= 0.3 is 0 Å². The van der Waals surface area contributed by atoms with E-state index in [2.05, 4.69) is 32.7 Å². The molecule has 182 valence electrons. The second kappa shape index (κ2) is 11.6. The van der Waals surface area contributed by atoms with E-state index in [0.29, 0.717) is 12.2 Å². The van der Waals surface area contributed by atoms with Crippen molar-refractivity contribution in [3.8, 4) is 0 Å². The van der Waals surface area contributed by atoms with Crippen LogP contribution in [0.3, 0.4) is 0 Å². The van der Waals surface area contributed by atoms with Gasteiger partial charge < -0.3 is 10.6 Å². The monoisotopic (exact) mass is 473 g/mol. The normalized spacial score (nSPS) is 14.8. The molecule has 3 aromatic rings. The van der Waals surface area contributed by atoms with Gasteiger partial charge in [0.2, 0.25) is 0 Å². The number of nitrogens with one attached hydrogen (secondary N) is 2. The van der Waals surface area contributed by atoms with Crippen LogP contribution in [0.5, 0.6) is 0 Å². The average Bonchev–Trinajstić information content (AvgIpc) is 2.89. The van der Waals surface area contributed by atoms with Gasteiger partial charge in [0.25, 0.3) is 11.6 Å². The third-order valence-corrected chi connectivity index (χ3v) is 6.29. The molecule has 2 heterocycles. The highest BCUT2D eigenvalue weighted by molar-refractivity contribution is 5.95. The van der Waals surface area contributed by atoms with Crippen LogP contribution in [-0.4, -0.2) is 33.8 Å². The largest absolute Gasteiger partial charge is 0.371 e. The lowest BCUT2D eigenvalue weighted by Crippen LogP contribution is -2.29. The zero-order chi connectivity index (χ0) is 24.6. The summed E-state index contributed by atoms with van der Waals surface area (Å²) in [4.78, 5) is 30.7. The van der Waals surface area contributed by atoms with Gasteiger partial charge in [0.05, 0.1) is 16.7 Å². The fraction of sp³-hybridized carbons (Fsp3) is 0.333. The average molecular weight is 474 g/mol. The number of likely N-dealkylation sites (tertiary alicyclic amines) is 1. The summed E-state index contributed by atoms with van der Waals surface area (Å²) in [5.41, 5.74) is 3.45. The van der Waals surface area contributed by atoms with E-state index >= 15 is 0 Å². The number of amides is 1. The number of pyridine rings is 1. The van der Waals surface area contributed by atoms with Crippen molar-refractivity contribution < 1.29 is 9.72 Å². The minimum atomic E-state index is -0.481. The first-order chi connectivity index (χ1) is 17.0. The SMILES string of the molecule is CC(Nc1ccc(C(=O)NCc2ccc(CN3CCCCC3)cc2)cc1[N+](=O)[O-])c1ccccn1. The van der Waals surface area contributed by atoms with Crippen LogP contribution in [0.2, 0.25) is 0 Å². The molecule has 1 aliphatic heterocycles. The van der Waals surface area contributed by atoms with Gasteiger partial charge in [0.1, 0.15) is 5.69 Å². The fourth-order valence-electron chi connectivity index (χ4n) is 4.31. The van der Waals surface area contributed by atoms with Crippen molar-refractivity contribution in [2.45, 2.75) is 45.3 Å². The van der Waals surface area contributed by atoms with Crippen LogP contribution in [0.15, 0.2) is 66.9 Å². The Labute approximate surface area is 205 Å². The highest BCUT2D eigenvalue weighted by atomic mass is 16.6. The Kier molecular flexibility index (Phi) is 8.05. The van der Waals surface area contributed by atoms with Crippen LogP contribution < -0.4 is 10.6 Å². The van der Waals surface area contributed by atoms with Gasteiger partial charge in [-0.15, -0.1) is 0 Å². The van der Waals surface area contributed by atoms with E-state index in [4.69, 9.17) is 0 Å². The van der Waals surface area contributed by atoms with Crippen molar-refractivity contribution >= 4 is 17.3 Å². The Balaban J connectivity index is 1.36. The zero-order valence-corrected chi connectivity index (χ0v) is 19.9. The molecular formula is C27H31N5O3. The van der Waals surface area contributed by atoms with Gasteiger partial charge in [-0.25, -0.2) is 0 Å². The lowest BCUT2D eigenvalue weighted by Gasteiger charge is -2.26. The number of anilines is 1. The zero-order valence-electron chi connectivity index (χ0n) is 19.9. The van der Waals surface area contributed by atoms with Gasteiger partial charge in [-0.1, -0.05) is 36.8 Å². The minimum absolute atomic E-state index is 0.150. The molecule has 0 bridgehead atoms. The molecule has 1 aliphatic rings. The summed E-state index contributed by atoms with van der Waals surface area (Å²) >= 11 is 0. The molecule has 0 radical (unpaired) electrons. The van der Waals surface area contributed by atoms with Gasteiger partial charge in [0.15, 0.2) is 0 Å². The molecule has 8 nitrogen and oxygen atoms in total. The molecule has 1 amide bonds. The predicted octanol–water partition coefficient (Wildman–Crippen LogP) is 5.08. The first-order valence-corrected chi connectivity index (χ1v) is 12.0. The van der Waals surface area contributed by atoms with Crippen LogP contribution in [0.25, 0.3) is 0 Å². The van der Waals surface area contributed by atoms with Crippen molar-refractivity contribution in [3.05, 3.63) is 99.4 Å². The van der Waals surface area contributed by atoms with E-state index in [-0.39, 0.29) is 23.2 Å². The van der Waals surface area contributed by atoms with Gasteiger partial charge in [0, 0.05) is 30.9 Å².